The first-order valence-electron chi connectivity index (χ1n) is 10.5. The Hall–Kier alpha value is -3.70. The summed E-state index contributed by atoms with van der Waals surface area (Å²) in [7, 11) is 0. The Morgan fingerprint density at radius 2 is 1.38 bits per heavy atom. The van der Waals surface area contributed by atoms with E-state index in [9.17, 15) is 0 Å². The van der Waals surface area contributed by atoms with Crippen LogP contribution in [-0.2, 0) is 6.54 Å². The minimum absolute atomic E-state index is 0.652. The molecule has 0 fully saturated rings. The number of hydrogen-bond donors (Lipinski definition) is 0. The van der Waals surface area contributed by atoms with Crippen molar-refractivity contribution < 1.29 is 0 Å². The van der Waals surface area contributed by atoms with Gasteiger partial charge < -0.3 is 0 Å². The van der Waals surface area contributed by atoms with Gasteiger partial charge in [-0.1, -0.05) is 101 Å². The fourth-order valence-electron chi connectivity index (χ4n) is 4.25. The van der Waals surface area contributed by atoms with Gasteiger partial charge in [0.2, 0.25) is 0 Å². The molecule has 0 saturated heterocycles. The van der Waals surface area contributed by atoms with Crippen molar-refractivity contribution in [3.63, 3.8) is 0 Å². The molecule has 0 aliphatic rings. The maximum atomic E-state index is 5.05. The van der Waals surface area contributed by atoms with E-state index in [-0.39, 0.29) is 0 Å². The molecule has 6 rings (SSSR count). The number of hydrogen-bond acceptors (Lipinski definition) is 2. The van der Waals surface area contributed by atoms with Crippen LogP contribution in [0.5, 0.6) is 0 Å². The summed E-state index contributed by atoms with van der Waals surface area (Å²) in [5, 5.41) is 7.38. The van der Waals surface area contributed by atoms with Crippen LogP contribution in [0.15, 0.2) is 108 Å². The third kappa shape index (κ3) is 3.22. The van der Waals surface area contributed by atoms with Gasteiger partial charge in [0.15, 0.2) is 5.82 Å². The summed E-state index contributed by atoms with van der Waals surface area (Å²) in [6.45, 7) is 0.652. The molecule has 4 aromatic carbocycles. The van der Waals surface area contributed by atoms with Crippen molar-refractivity contribution in [2.24, 2.45) is 0 Å². The molecule has 0 radical (unpaired) electrons. The number of halogens is 1. The third-order valence-corrected chi connectivity index (χ3v) is 6.20. The van der Waals surface area contributed by atoms with Gasteiger partial charge in [-0.05, 0) is 23.8 Å². The Kier molecular flexibility index (Phi) is 4.62. The molecular formula is C27H19BrN4. The standard InChI is InChI=1S/C27H19BrN4/c28-21-15-16-23-22-13-7-8-14-24(22)32(25(23)17-21)27-29-26(20-11-5-2-6-12-20)31(30-27)18-19-9-3-1-4-10-19/h1-17H,18H2. The zero-order valence-corrected chi connectivity index (χ0v) is 18.8. The van der Waals surface area contributed by atoms with Crippen LogP contribution in [0.1, 0.15) is 5.56 Å². The van der Waals surface area contributed by atoms with Crippen molar-refractivity contribution in [3.8, 4) is 17.3 Å². The summed E-state index contributed by atoms with van der Waals surface area (Å²) >= 11 is 3.64. The molecule has 0 saturated carbocycles. The van der Waals surface area contributed by atoms with Crippen LogP contribution in [0.2, 0.25) is 0 Å². The van der Waals surface area contributed by atoms with Gasteiger partial charge in [0, 0.05) is 20.8 Å². The zero-order chi connectivity index (χ0) is 21.5. The molecular weight excluding hydrogens is 460 g/mol. The van der Waals surface area contributed by atoms with Gasteiger partial charge in [-0.2, -0.15) is 4.98 Å². The quantitative estimate of drug-likeness (QED) is 0.277. The van der Waals surface area contributed by atoms with Crippen molar-refractivity contribution in [2.45, 2.75) is 6.54 Å². The molecule has 0 N–H and O–H groups in total. The monoisotopic (exact) mass is 478 g/mol. The van der Waals surface area contributed by atoms with Crippen molar-refractivity contribution in [1.29, 1.82) is 0 Å². The molecule has 0 bridgehead atoms. The Labute approximate surface area is 193 Å². The minimum atomic E-state index is 0.652. The Morgan fingerprint density at radius 3 is 2.19 bits per heavy atom. The summed E-state index contributed by atoms with van der Waals surface area (Å²) in [4.78, 5) is 5.05. The highest BCUT2D eigenvalue weighted by Crippen LogP contribution is 2.33. The number of fused-ring (bicyclic) bond motifs is 3. The van der Waals surface area contributed by atoms with Crippen LogP contribution in [0.3, 0.4) is 0 Å². The van der Waals surface area contributed by atoms with E-state index in [1.807, 2.05) is 28.9 Å². The second kappa shape index (κ2) is 7.77. The lowest BCUT2D eigenvalue weighted by molar-refractivity contribution is 0.687. The molecule has 0 amide bonds. The van der Waals surface area contributed by atoms with E-state index >= 15 is 0 Å². The zero-order valence-electron chi connectivity index (χ0n) is 17.2. The topological polar surface area (TPSA) is 35.6 Å². The van der Waals surface area contributed by atoms with E-state index in [4.69, 9.17) is 10.1 Å². The van der Waals surface area contributed by atoms with Gasteiger partial charge in [0.1, 0.15) is 0 Å². The van der Waals surface area contributed by atoms with Crippen molar-refractivity contribution >= 4 is 37.7 Å². The molecule has 6 aromatic rings. The summed E-state index contributed by atoms with van der Waals surface area (Å²) < 4.78 is 5.18. The Bertz CT molecular complexity index is 1550. The van der Waals surface area contributed by atoms with Gasteiger partial charge >= 0.3 is 0 Å². The molecule has 32 heavy (non-hydrogen) atoms. The lowest BCUT2D eigenvalue weighted by atomic mass is 10.2. The number of aromatic nitrogens is 4. The van der Waals surface area contributed by atoms with Crippen LogP contribution in [0, 0.1) is 0 Å². The maximum Gasteiger partial charge on any atom is 0.254 e. The van der Waals surface area contributed by atoms with E-state index in [1.165, 1.54) is 16.3 Å². The molecule has 0 unspecified atom stereocenters. The Balaban J connectivity index is 1.61. The largest absolute Gasteiger partial charge is 0.277 e. The smallest absolute Gasteiger partial charge is 0.254 e. The SMILES string of the molecule is Brc1ccc2c3ccccc3n(-c3nc(-c4ccccc4)n(Cc4ccccc4)n3)c2c1. The van der Waals surface area contributed by atoms with Crippen LogP contribution in [0.4, 0.5) is 0 Å². The first-order valence-corrected chi connectivity index (χ1v) is 11.3. The molecule has 2 aromatic heterocycles. The van der Waals surface area contributed by atoms with E-state index in [0.717, 1.165) is 26.9 Å². The molecule has 2 heterocycles. The van der Waals surface area contributed by atoms with Gasteiger partial charge in [0.05, 0.1) is 17.6 Å². The molecule has 0 spiro atoms. The molecule has 0 aliphatic carbocycles. The highest BCUT2D eigenvalue weighted by atomic mass is 79.9. The van der Waals surface area contributed by atoms with Crippen LogP contribution in [-0.4, -0.2) is 19.3 Å². The average molecular weight is 479 g/mol. The minimum Gasteiger partial charge on any atom is -0.277 e. The first kappa shape index (κ1) is 19.0. The average Bonchev–Trinajstić information content (AvgIpc) is 3.38. The molecule has 0 aliphatic heterocycles. The summed E-state index contributed by atoms with van der Waals surface area (Å²) in [5.74, 6) is 1.52. The van der Waals surface area contributed by atoms with E-state index in [2.05, 4.69) is 99.4 Å². The second-order valence-electron chi connectivity index (χ2n) is 7.76. The van der Waals surface area contributed by atoms with Gasteiger partial charge in [0.25, 0.3) is 5.95 Å². The molecule has 154 valence electrons. The van der Waals surface area contributed by atoms with Gasteiger partial charge in [-0.25, -0.2) is 4.68 Å². The third-order valence-electron chi connectivity index (χ3n) is 5.70. The second-order valence-corrected chi connectivity index (χ2v) is 8.67. The van der Waals surface area contributed by atoms with E-state index < -0.39 is 0 Å². The Morgan fingerprint density at radius 1 is 0.688 bits per heavy atom. The maximum absolute atomic E-state index is 5.05. The number of rotatable bonds is 4. The summed E-state index contributed by atoms with van der Waals surface area (Å²) in [5.41, 5.74) is 4.41. The lowest BCUT2D eigenvalue weighted by Gasteiger charge is -2.06. The normalized spacial score (nSPS) is 11.4. The van der Waals surface area contributed by atoms with Crippen LogP contribution in [0.25, 0.3) is 39.1 Å². The van der Waals surface area contributed by atoms with Crippen LogP contribution >= 0.6 is 15.9 Å². The number of para-hydroxylation sites is 1. The van der Waals surface area contributed by atoms with Gasteiger partial charge in [-0.15, -0.1) is 5.10 Å². The highest BCUT2D eigenvalue weighted by molar-refractivity contribution is 9.10. The lowest BCUT2D eigenvalue weighted by Crippen LogP contribution is -2.05. The molecule has 4 nitrogen and oxygen atoms in total. The number of benzene rings is 4. The predicted octanol–water partition coefficient (Wildman–Crippen LogP) is 6.85. The van der Waals surface area contributed by atoms with E-state index in [0.29, 0.717) is 12.5 Å². The van der Waals surface area contributed by atoms with E-state index in [1.54, 1.807) is 0 Å². The van der Waals surface area contributed by atoms with Crippen molar-refractivity contribution in [2.75, 3.05) is 0 Å². The molecule has 5 heteroatoms. The number of nitrogens with zero attached hydrogens (tertiary/aromatic N) is 4. The highest BCUT2D eigenvalue weighted by Gasteiger charge is 2.18. The molecule has 0 atom stereocenters. The predicted molar refractivity (Wildman–Crippen MR) is 133 cm³/mol. The van der Waals surface area contributed by atoms with Gasteiger partial charge in [-0.3, -0.25) is 4.57 Å². The fraction of sp³-hybridized carbons (Fsp3) is 0.0370. The van der Waals surface area contributed by atoms with Crippen molar-refractivity contribution in [3.05, 3.63) is 113 Å². The van der Waals surface area contributed by atoms with Crippen molar-refractivity contribution in [1.82, 2.24) is 19.3 Å². The summed E-state index contributed by atoms with van der Waals surface area (Å²) in [6, 6.07) is 35.4. The fourth-order valence-corrected chi connectivity index (χ4v) is 4.60. The van der Waals surface area contributed by atoms with Crippen LogP contribution < -0.4 is 0 Å². The first-order chi connectivity index (χ1) is 15.8. The summed E-state index contributed by atoms with van der Waals surface area (Å²) in [6.07, 6.45) is 0.